The Morgan fingerprint density at radius 2 is 2.00 bits per heavy atom. The lowest BCUT2D eigenvalue weighted by atomic mass is 10.1. The van der Waals surface area contributed by atoms with Crippen molar-refractivity contribution in [2.24, 2.45) is 0 Å². The lowest BCUT2D eigenvalue weighted by Crippen LogP contribution is -3.08. The van der Waals surface area contributed by atoms with E-state index in [4.69, 9.17) is 4.74 Å². The van der Waals surface area contributed by atoms with E-state index in [0.29, 0.717) is 0 Å². The maximum atomic E-state index is 10.5. The second-order valence-electron chi connectivity index (χ2n) is 3.86. The summed E-state index contributed by atoms with van der Waals surface area (Å²) in [5, 5.41) is 10.5. The van der Waals surface area contributed by atoms with Crippen LogP contribution in [0.25, 0.3) is 0 Å². The normalized spacial score (nSPS) is 12.4. The molecule has 0 fully saturated rings. The highest BCUT2D eigenvalue weighted by Crippen LogP contribution is 2.02. The van der Waals surface area contributed by atoms with Crippen molar-refractivity contribution >= 4 is 5.97 Å². The molecule has 4 heteroatoms. The maximum absolute atomic E-state index is 10.5. The highest BCUT2D eigenvalue weighted by Gasteiger charge is 2.03. The fourth-order valence-corrected chi connectivity index (χ4v) is 1.47. The predicted molar refractivity (Wildman–Crippen MR) is 58.1 cm³/mol. The number of carboxylic acid groups (broad SMARTS) is 1. The van der Waals surface area contributed by atoms with E-state index in [9.17, 15) is 9.90 Å². The molecule has 16 heavy (non-hydrogen) atoms. The average Bonchev–Trinajstić information content (AvgIpc) is 2.27. The second-order valence-corrected chi connectivity index (χ2v) is 3.86. The number of carboxylic acids is 1. The standard InChI is InChI=1S/C12H17NO3/c1-13(7-8-16-2)9-10-3-5-11(6-4-10)12(14)15/h3-6H,7-9H2,1-2H3,(H,14,15). The number of carbonyl (C=O) groups excluding carboxylic acids is 1. The molecule has 1 aromatic rings. The van der Waals surface area contributed by atoms with Gasteiger partial charge in [-0.25, -0.2) is 0 Å². The number of methoxy groups -OCH3 is 1. The van der Waals surface area contributed by atoms with Crippen molar-refractivity contribution < 1.29 is 19.5 Å². The smallest absolute Gasteiger partial charge is 0.103 e. The molecule has 88 valence electrons. The molecule has 1 rings (SSSR count). The molecule has 0 aromatic heterocycles. The molecule has 1 aromatic carbocycles. The van der Waals surface area contributed by atoms with Gasteiger partial charge in [0.05, 0.1) is 19.6 Å². The third-order valence-electron chi connectivity index (χ3n) is 2.43. The van der Waals surface area contributed by atoms with Crippen LogP contribution in [0.3, 0.4) is 0 Å². The Hall–Kier alpha value is -1.39. The number of benzene rings is 1. The van der Waals surface area contributed by atoms with Crippen molar-refractivity contribution in [3.8, 4) is 0 Å². The number of quaternary nitrogens is 1. The van der Waals surface area contributed by atoms with Crippen LogP contribution in [0.2, 0.25) is 0 Å². The molecule has 0 saturated heterocycles. The van der Waals surface area contributed by atoms with Crippen LogP contribution in [0.5, 0.6) is 0 Å². The number of rotatable bonds is 6. The van der Waals surface area contributed by atoms with E-state index in [2.05, 4.69) is 7.05 Å². The molecule has 4 nitrogen and oxygen atoms in total. The molecule has 0 aliphatic carbocycles. The van der Waals surface area contributed by atoms with Crippen LogP contribution in [0.15, 0.2) is 24.3 Å². The van der Waals surface area contributed by atoms with Gasteiger partial charge < -0.3 is 19.5 Å². The predicted octanol–water partition coefficient (Wildman–Crippen LogP) is -1.29. The van der Waals surface area contributed by atoms with Gasteiger partial charge in [-0.2, -0.15) is 0 Å². The van der Waals surface area contributed by atoms with Crippen LogP contribution < -0.4 is 10.0 Å². The average molecular weight is 223 g/mol. The summed E-state index contributed by atoms with van der Waals surface area (Å²) >= 11 is 0. The maximum Gasteiger partial charge on any atom is 0.103 e. The molecular weight excluding hydrogens is 206 g/mol. The Balaban J connectivity index is 2.51. The van der Waals surface area contributed by atoms with Crippen LogP contribution in [0.1, 0.15) is 15.9 Å². The second kappa shape index (κ2) is 6.25. The van der Waals surface area contributed by atoms with Gasteiger partial charge in [-0.05, 0) is 5.56 Å². The highest BCUT2D eigenvalue weighted by molar-refractivity contribution is 5.85. The van der Waals surface area contributed by atoms with Crippen LogP contribution >= 0.6 is 0 Å². The summed E-state index contributed by atoms with van der Waals surface area (Å²) in [5.74, 6) is -1.13. The Bertz CT molecular complexity index is 335. The lowest BCUT2D eigenvalue weighted by Gasteiger charge is -2.13. The summed E-state index contributed by atoms with van der Waals surface area (Å²) < 4.78 is 4.99. The third-order valence-corrected chi connectivity index (χ3v) is 2.43. The first-order valence-corrected chi connectivity index (χ1v) is 5.24. The molecule has 0 amide bonds. The van der Waals surface area contributed by atoms with Crippen molar-refractivity contribution in [2.75, 3.05) is 27.3 Å². The van der Waals surface area contributed by atoms with Gasteiger partial charge in [0.15, 0.2) is 0 Å². The van der Waals surface area contributed by atoms with Crippen LogP contribution in [0, 0.1) is 0 Å². The first-order valence-electron chi connectivity index (χ1n) is 5.24. The number of hydrogen-bond donors (Lipinski definition) is 1. The molecule has 0 aliphatic rings. The Morgan fingerprint density at radius 1 is 1.38 bits per heavy atom. The lowest BCUT2D eigenvalue weighted by molar-refractivity contribution is -0.894. The summed E-state index contributed by atoms with van der Waals surface area (Å²) in [6.45, 7) is 2.51. The van der Waals surface area contributed by atoms with Crippen molar-refractivity contribution in [2.45, 2.75) is 6.54 Å². The zero-order chi connectivity index (χ0) is 12.0. The zero-order valence-corrected chi connectivity index (χ0v) is 9.66. The SMILES string of the molecule is COCC[NH+](C)Cc1ccc(C(=O)[O-])cc1. The highest BCUT2D eigenvalue weighted by atomic mass is 16.5. The molecule has 0 radical (unpaired) electrons. The number of carbonyl (C=O) groups is 1. The van der Waals surface area contributed by atoms with Crippen molar-refractivity contribution in [1.82, 2.24) is 0 Å². The van der Waals surface area contributed by atoms with Crippen LogP contribution in [-0.2, 0) is 11.3 Å². The molecular formula is C12H17NO3. The summed E-state index contributed by atoms with van der Waals surface area (Å²) in [7, 11) is 3.76. The van der Waals surface area contributed by atoms with E-state index >= 15 is 0 Å². The van der Waals surface area contributed by atoms with Crippen molar-refractivity contribution in [3.63, 3.8) is 0 Å². The van der Waals surface area contributed by atoms with E-state index < -0.39 is 5.97 Å². The summed E-state index contributed by atoms with van der Waals surface area (Å²) in [4.78, 5) is 11.9. The van der Waals surface area contributed by atoms with Gasteiger partial charge in [-0.1, -0.05) is 24.3 Å². The number of likely N-dealkylation sites (N-methyl/N-ethyl adjacent to an activating group) is 1. The number of nitrogens with one attached hydrogen (secondary N) is 1. The van der Waals surface area contributed by atoms with Crippen molar-refractivity contribution in [3.05, 3.63) is 35.4 Å². The quantitative estimate of drug-likeness (QED) is 0.653. The van der Waals surface area contributed by atoms with E-state index in [1.54, 1.807) is 19.2 Å². The molecule has 1 unspecified atom stereocenters. The number of hydrogen-bond acceptors (Lipinski definition) is 3. The van der Waals surface area contributed by atoms with E-state index in [-0.39, 0.29) is 5.56 Å². The van der Waals surface area contributed by atoms with E-state index in [1.165, 1.54) is 4.90 Å². The Labute approximate surface area is 95.5 Å². The summed E-state index contributed by atoms with van der Waals surface area (Å²) in [6, 6.07) is 6.80. The van der Waals surface area contributed by atoms with Gasteiger partial charge in [0.25, 0.3) is 0 Å². The minimum absolute atomic E-state index is 0.221. The van der Waals surface area contributed by atoms with Gasteiger partial charge in [0.1, 0.15) is 13.1 Å². The molecule has 0 aliphatic heterocycles. The fraction of sp³-hybridized carbons (Fsp3) is 0.417. The monoisotopic (exact) mass is 223 g/mol. The van der Waals surface area contributed by atoms with Crippen LogP contribution in [-0.4, -0.2) is 33.3 Å². The molecule has 0 heterocycles. The number of aromatic carboxylic acids is 1. The fourth-order valence-electron chi connectivity index (χ4n) is 1.47. The van der Waals surface area contributed by atoms with Gasteiger partial charge in [-0.3, -0.25) is 0 Å². The zero-order valence-electron chi connectivity index (χ0n) is 9.66. The van der Waals surface area contributed by atoms with Gasteiger partial charge >= 0.3 is 0 Å². The summed E-state index contributed by atoms with van der Waals surface area (Å²) in [5.41, 5.74) is 1.33. The topological polar surface area (TPSA) is 53.8 Å². The first-order chi connectivity index (χ1) is 7.63. The third kappa shape index (κ3) is 4.00. The molecule has 0 bridgehead atoms. The van der Waals surface area contributed by atoms with Gasteiger partial charge in [-0.15, -0.1) is 0 Å². The number of ether oxygens (including phenoxy) is 1. The Morgan fingerprint density at radius 3 is 2.50 bits per heavy atom. The summed E-state index contributed by atoms with van der Waals surface area (Å²) in [6.07, 6.45) is 0. The van der Waals surface area contributed by atoms with Gasteiger partial charge in [0.2, 0.25) is 0 Å². The molecule has 1 atom stereocenters. The van der Waals surface area contributed by atoms with E-state index in [0.717, 1.165) is 25.3 Å². The van der Waals surface area contributed by atoms with Gasteiger partial charge in [0, 0.05) is 12.7 Å². The largest absolute Gasteiger partial charge is 0.545 e. The van der Waals surface area contributed by atoms with E-state index in [1.807, 2.05) is 12.1 Å². The van der Waals surface area contributed by atoms with Crippen LogP contribution in [0.4, 0.5) is 0 Å². The first kappa shape index (κ1) is 12.7. The molecule has 0 saturated carbocycles. The minimum atomic E-state index is -1.13. The molecule has 0 spiro atoms. The van der Waals surface area contributed by atoms with Crippen molar-refractivity contribution in [1.29, 1.82) is 0 Å². The molecule has 1 N–H and O–H groups in total. The Kier molecular flexibility index (Phi) is 4.95. The minimum Gasteiger partial charge on any atom is -0.545 e.